The molecule has 0 radical (unpaired) electrons. The molecule has 5 atom stereocenters. The number of ketones is 1. The second-order valence-electron chi connectivity index (χ2n) is 5.99. The molecule has 0 unspecified atom stereocenters. The van der Waals surface area contributed by atoms with Crippen LogP contribution >= 0.6 is 0 Å². The number of carbonyl (C=O) groups is 1. The van der Waals surface area contributed by atoms with E-state index in [2.05, 4.69) is 41.3 Å². The third kappa shape index (κ3) is 1.26. The normalized spacial score (nSPS) is 40.5. The minimum atomic E-state index is -0.609. The first kappa shape index (κ1) is 11.1. The Morgan fingerprint density at radius 1 is 1.25 bits per heavy atom. The second-order valence-corrected chi connectivity index (χ2v) is 5.99. The summed E-state index contributed by atoms with van der Waals surface area (Å²) in [6.07, 6.45) is 3.85. The first-order valence-electron chi connectivity index (χ1n) is 7.17. The summed E-state index contributed by atoms with van der Waals surface area (Å²) in [4.78, 5) is 14.8. The maximum Gasteiger partial charge on any atom is 0.218 e. The Balaban J connectivity index is 1.60. The number of benzene rings is 1. The van der Waals surface area contributed by atoms with Gasteiger partial charge in [-0.25, -0.2) is 0 Å². The smallest absolute Gasteiger partial charge is 0.218 e. The number of hydrogen-bond donors (Lipinski definition) is 0. The Hall–Kier alpha value is -1.65. The summed E-state index contributed by atoms with van der Waals surface area (Å²) < 4.78 is 11.2. The van der Waals surface area contributed by atoms with Crippen LogP contribution in [0.2, 0.25) is 0 Å². The molecule has 0 spiro atoms. The Kier molecular flexibility index (Phi) is 2.05. The van der Waals surface area contributed by atoms with E-state index in [9.17, 15) is 4.79 Å². The molecule has 3 saturated heterocycles. The van der Waals surface area contributed by atoms with E-state index in [0.717, 1.165) is 6.54 Å². The monoisotopic (exact) mass is 269 g/mol. The van der Waals surface area contributed by atoms with Crippen molar-refractivity contribution in [3.05, 3.63) is 35.9 Å². The highest BCUT2D eigenvalue weighted by molar-refractivity contribution is 5.88. The highest BCUT2D eigenvalue weighted by Crippen LogP contribution is 2.46. The van der Waals surface area contributed by atoms with Gasteiger partial charge in [-0.05, 0) is 11.6 Å². The van der Waals surface area contributed by atoms with Crippen molar-refractivity contribution in [3.8, 4) is 0 Å². The molecule has 5 rings (SSSR count). The van der Waals surface area contributed by atoms with Gasteiger partial charge in [-0.3, -0.25) is 4.79 Å². The first-order valence-corrected chi connectivity index (χ1v) is 7.17. The van der Waals surface area contributed by atoms with E-state index in [0.29, 0.717) is 6.61 Å². The van der Waals surface area contributed by atoms with Crippen LogP contribution in [0.15, 0.2) is 30.3 Å². The van der Waals surface area contributed by atoms with Gasteiger partial charge in [0, 0.05) is 24.1 Å². The fourth-order valence-corrected chi connectivity index (χ4v) is 4.19. The van der Waals surface area contributed by atoms with Gasteiger partial charge >= 0.3 is 0 Å². The van der Waals surface area contributed by atoms with Crippen LogP contribution in [0, 0.1) is 11.8 Å². The van der Waals surface area contributed by atoms with Crippen molar-refractivity contribution in [2.45, 2.75) is 18.4 Å². The van der Waals surface area contributed by atoms with Gasteiger partial charge in [0.2, 0.25) is 6.29 Å². The van der Waals surface area contributed by atoms with Crippen molar-refractivity contribution >= 4 is 17.5 Å². The topological polar surface area (TPSA) is 38.8 Å². The van der Waals surface area contributed by atoms with E-state index in [4.69, 9.17) is 9.47 Å². The molecule has 4 aliphatic heterocycles. The highest BCUT2D eigenvalue weighted by Gasteiger charge is 2.57. The van der Waals surface area contributed by atoms with Gasteiger partial charge in [0.15, 0.2) is 5.78 Å². The molecule has 1 aromatic carbocycles. The van der Waals surface area contributed by atoms with Gasteiger partial charge in [0.25, 0.3) is 0 Å². The van der Waals surface area contributed by atoms with Gasteiger partial charge < -0.3 is 14.4 Å². The fraction of sp³-hybridized carbons (Fsp3) is 0.438. The third-order valence-electron chi connectivity index (χ3n) is 5.07. The van der Waals surface area contributed by atoms with Crippen molar-refractivity contribution in [2.75, 3.05) is 18.1 Å². The minimum absolute atomic E-state index is 0.0436. The number of hydrogen-bond acceptors (Lipinski definition) is 4. The van der Waals surface area contributed by atoms with Crippen LogP contribution in [0.3, 0.4) is 0 Å². The van der Waals surface area contributed by atoms with Gasteiger partial charge in [-0.2, -0.15) is 0 Å². The average molecular weight is 269 g/mol. The molecule has 4 heteroatoms. The molecule has 3 fully saturated rings. The zero-order valence-electron chi connectivity index (χ0n) is 10.9. The van der Waals surface area contributed by atoms with Crippen molar-refractivity contribution in [1.82, 2.24) is 0 Å². The lowest BCUT2D eigenvalue weighted by molar-refractivity contribution is -0.162. The predicted molar refractivity (Wildman–Crippen MR) is 73.2 cm³/mol. The molecular weight excluding hydrogens is 254 g/mol. The summed E-state index contributed by atoms with van der Waals surface area (Å²) in [5.41, 5.74) is 2.47. The number of ether oxygens (including phenoxy) is 2. The van der Waals surface area contributed by atoms with E-state index >= 15 is 0 Å². The lowest BCUT2D eigenvalue weighted by Crippen LogP contribution is -2.45. The van der Waals surface area contributed by atoms with Crippen LogP contribution in [-0.2, 0) is 14.3 Å². The van der Waals surface area contributed by atoms with E-state index in [1.165, 1.54) is 11.3 Å². The Labute approximate surface area is 117 Å². The van der Waals surface area contributed by atoms with Crippen LogP contribution in [0.5, 0.6) is 0 Å². The largest absolute Gasteiger partial charge is 0.363 e. The Morgan fingerprint density at radius 2 is 2.15 bits per heavy atom. The summed E-state index contributed by atoms with van der Waals surface area (Å²) >= 11 is 0. The van der Waals surface area contributed by atoms with E-state index < -0.39 is 6.29 Å². The predicted octanol–water partition coefficient (Wildman–Crippen LogP) is 1.46. The Bertz CT molecular complexity index is 626. The van der Waals surface area contributed by atoms with Crippen LogP contribution < -0.4 is 4.90 Å². The number of rotatable bonds is 0. The lowest BCUT2D eigenvalue weighted by atomic mass is 9.81. The molecule has 4 heterocycles. The van der Waals surface area contributed by atoms with Gasteiger partial charge in [0.05, 0.1) is 18.8 Å². The summed E-state index contributed by atoms with van der Waals surface area (Å²) in [5.74, 6) is 0.400. The fourth-order valence-electron chi connectivity index (χ4n) is 4.19. The average Bonchev–Trinajstić information content (AvgIpc) is 3.08. The number of fused-ring (bicyclic) bond motifs is 8. The Morgan fingerprint density at radius 3 is 3.10 bits per heavy atom. The van der Waals surface area contributed by atoms with Crippen molar-refractivity contribution in [2.24, 2.45) is 11.8 Å². The zero-order valence-corrected chi connectivity index (χ0v) is 10.9. The van der Waals surface area contributed by atoms with E-state index in [-0.39, 0.29) is 29.8 Å². The SMILES string of the molecule is O=C1[C@@H]2OC[C@@H](O2)[C@@H]2[C@H]3C=Cc4ccccc4N3C[C@@H]12. The number of anilines is 1. The third-order valence-corrected chi connectivity index (χ3v) is 5.07. The van der Waals surface area contributed by atoms with Crippen LogP contribution in [-0.4, -0.2) is 37.4 Å². The minimum Gasteiger partial charge on any atom is -0.363 e. The molecule has 20 heavy (non-hydrogen) atoms. The molecule has 1 aromatic rings. The van der Waals surface area contributed by atoms with Crippen molar-refractivity contribution in [1.29, 1.82) is 0 Å². The molecule has 0 amide bonds. The molecule has 0 aliphatic carbocycles. The van der Waals surface area contributed by atoms with Crippen LogP contribution in [0.4, 0.5) is 5.69 Å². The molecule has 4 aliphatic rings. The molecule has 4 nitrogen and oxygen atoms in total. The lowest BCUT2D eigenvalue weighted by Gasteiger charge is -2.34. The zero-order chi connectivity index (χ0) is 13.3. The summed E-state index contributed by atoms with van der Waals surface area (Å²) in [6.45, 7) is 1.34. The van der Waals surface area contributed by atoms with Crippen LogP contribution in [0.1, 0.15) is 5.56 Å². The molecule has 0 saturated carbocycles. The van der Waals surface area contributed by atoms with Gasteiger partial charge in [-0.15, -0.1) is 0 Å². The van der Waals surface area contributed by atoms with Crippen molar-refractivity contribution < 1.29 is 14.3 Å². The summed E-state index contributed by atoms with van der Waals surface area (Å²) in [7, 11) is 0. The highest BCUT2D eigenvalue weighted by atomic mass is 16.7. The second kappa shape index (κ2) is 3.71. The molecule has 0 aromatic heterocycles. The quantitative estimate of drug-likeness (QED) is 0.715. The van der Waals surface area contributed by atoms with Gasteiger partial charge in [-0.1, -0.05) is 30.4 Å². The number of para-hydroxylation sites is 1. The molecule has 0 N–H and O–H groups in total. The molecule has 2 bridgehead atoms. The maximum absolute atomic E-state index is 12.4. The van der Waals surface area contributed by atoms with Crippen molar-refractivity contribution in [3.63, 3.8) is 0 Å². The number of carbonyl (C=O) groups excluding carboxylic acids is 1. The van der Waals surface area contributed by atoms with Gasteiger partial charge in [0.1, 0.15) is 0 Å². The van der Waals surface area contributed by atoms with E-state index in [1.54, 1.807) is 0 Å². The number of Topliss-reactive ketones (excluding diaryl/α,β-unsaturated/α-hetero) is 1. The molecular formula is C16H15NO3. The molecule has 102 valence electrons. The summed E-state index contributed by atoms with van der Waals surface area (Å²) in [5, 5.41) is 0. The van der Waals surface area contributed by atoms with E-state index in [1.807, 2.05) is 0 Å². The summed E-state index contributed by atoms with van der Waals surface area (Å²) in [6, 6.07) is 8.63. The first-order chi connectivity index (χ1) is 9.83. The number of nitrogens with zero attached hydrogens (tertiary/aromatic N) is 1. The standard InChI is InChI=1S/C16H15NO3/c18-15-10-7-17-11-4-2-1-3-9(11)5-6-12(17)14(10)13-8-19-16(15)20-13/h1-6,10,12-14,16H,7-8H2/t10-,12-,13-,14+,16-/m1/s1. The van der Waals surface area contributed by atoms with Crippen LogP contribution in [0.25, 0.3) is 6.08 Å². The maximum atomic E-state index is 12.4.